The molecule has 4 heteroatoms. The molecule has 2 aliphatic carbocycles. The van der Waals surface area contributed by atoms with Gasteiger partial charge in [0.2, 0.25) is 5.91 Å². The fraction of sp³-hybridized carbons (Fsp3) is 0.667. The van der Waals surface area contributed by atoms with E-state index in [4.69, 9.17) is 0 Å². The summed E-state index contributed by atoms with van der Waals surface area (Å²) in [6, 6.07) is 11.1. The molecule has 1 aliphatic heterocycles. The molecule has 1 spiro atoms. The molecule has 0 aromatic heterocycles. The molecule has 0 radical (unpaired) electrons. The number of rotatable bonds is 4. The molecule has 3 atom stereocenters. The summed E-state index contributed by atoms with van der Waals surface area (Å²) in [5.74, 6) is 1.24. The second-order valence-corrected chi connectivity index (χ2v) is 8.22. The van der Waals surface area contributed by atoms with Crippen LogP contribution in [0.25, 0.3) is 0 Å². The Morgan fingerprint density at radius 2 is 1.84 bits per heavy atom. The van der Waals surface area contributed by atoms with Gasteiger partial charge in [-0.25, -0.2) is 0 Å². The SMILES string of the molecule is Cl.O=C(NC1CCCCC1Cc1ccccc1)C1CC12CCNCC2. The fourth-order valence-corrected chi connectivity index (χ4v) is 5.04. The van der Waals surface area contributed by atoms with Crippen LogP contribution in [0.4, 0.5) is 0 Å². The smallest absolute Gasteiger partial charge is 0.223 e. The van der Waals surface area contributed by atoms with Gasteiger partial charge in [0.1, 0.15) is 0 Å². The van der Waals surface area contributed by atoms with E-state index in [0.29, 0.717) is 29.2 Å². The monoisotopic (exact) mass is 362 g/mol. The lowest BCUT2D eigenvalue weighted by atomic mass is 9.80. The number of nitrogens with one attached hydrogen (secondary N) is 2. The molecule has 3 aliphatic rings. The molecule has 3 unspecified atom stereocenters. The average Bonchev–Trinajstić information content (AvgIpc) is 3.31. The molecule has 2 N–H and O–H groups in total. The Hall–Kier alpha value is -1.06. The van der Waals surface area contributed by atoms with Crippen molar-refractivity contribution in [1.82, 2.24) is 10.6 Å². The highest BCUT2D eigenvalue weighted by atomic mass is 35.5. The Balaban J connectivity index is 0.00000182. The number of hydrogen-bond donors (Lipinski definition) is 2. The van der Waals surface area contributed by atoms with Crippen molar-refractivity contribution < 1.29 is 4.79 Å². The van der Waals surface area contributed by atoms with Gasteiger partial charge < -0.3 is 10.6 Å². The van der Waals surface area contributed by atoms with Crippen LogP contribution in [0.5, 0.6) is 0 Å². The minimum absolute atomic E-state index is 0. The van der Waals surface area contributed by atoms with E-state index in [1.165, 1.54) is 37.7 Å². The van der Waals surface area contributed by atoms with Crippen LogP contribution in [0, 0.1) is 17.3 Å². The number of benzene rings is 1. The maximum Gasteiger partial charge on any atom is 0.223 e. The fourth-order valence-electron chi connectivity index (χ4n) is 5.04. The van der Waals surface area contributed by atoms with Crippen LogP contribution in [0.1, 0.15) is 50.5 Å². The van der Waals surface area contributed by atoms with Crippen molar-refractivity contribution >= 4 is 18.3 Å². The molecule has 1 saturated heterocycles. The minimum Gasteiger partial charge on any atom is -0.353 e. The molecule has 2 saturated carbocycles. The highest BCUT2D eigenvalue weighted by Gasteiger charge is 2.57. The number of halogens is 1. The van der Waals surface area contributed by atoms with Crippen molar-refractivity contribution in [2.45, 2.75) is 57.4 Å². The molecule has 3 nitrogen and oxygen atoms in total. The number of amides is 1. The molecule has 25 heavy (non-hydrogen) atoms. The number of piperidine rings is 1. The summed E-state index contributed by atoms with van der Waals surface area (Å²) in [6.45, 7) is 2.17. The molecule has 138 valence electrons. The van der Waals surface area contributed by atoms with Gasteiger partial charge in [0.25, 0.3) is 0 Å². The first-order valence-electron chi connectivity index (χ1n) is 9.82. The van der Waals surface area contributed by atoms with Crippen molar-refractivity contribution in [3.8, 4) is 0 Å². The van der Waals surface area contributed by atoms with Crippen molar-refractivity contribution in [2.75, 3.05) is 13.1 Å². The van der Waals surface area contributed by atoms with Gasteiger partial charge in [0.15, 0.2) is 0 Å². The molecule has 0 bridgehead atoms. The summed E-state index contributed by atoms with van der Waals surface area (Å²) in [5, 5.41) is 6.89. The van der Waals surface area contributed by atoms with E-state index >= 15 is 0 Å². The highest BCUT2D eigenvalue weighted by molar-refractivity contribution is 5.85. The average molecular weight is 363 g/mol. The Kier molecular flexibility index (Phi) is 6.06. The van der Waals surface area contributed by atoms with Gasteiger partial charge in [-0.15, -0.1) is 12.4 Å². The van der Waals surface area contributed by atoms with E-state index in [2.05, 4.69) is 41.0 Å². The highest BCUT2D eigenvalue weighted by Crippen LogP contribution is 2.58. The van der Waals surface area contributed by atoms with Gasteiger partial charge in [0.05, 0.1) is 0 Å². The zero-order valence-electron chi connectivity index (χ0n) is 15.0. The lowest BCUT2D eigenvalue weighted by Crippen LogP contribution is -2.44. The van der Waals surface area contributed by atoms with Crippen LogP contribution in [0.15, 0.2) is 30.3 Å². The van der Waals surface area contributed by atoms with Crippen LogP contribution in [0.3, 0.4) is 0 Å². The zero-order valence-corrected chi connectivity index (χ0v) is 15.8. The predicted octanol–water partition coefficient (Wildman–Crippen LogP) is 3.72. The Morgan fingerprint density at radius 1 is 1.12 bits per heavy atom. The second-order valence-electron chi connectivity index (χ2n) is 8.22. The van der Waals surface area contributed by atoms with Crippen LogP contribution < -0.4 is 10.6 Å². The number of carbonyl (C=O) groups is 1. The van der Waals surface area contributed by atoms with Crippen molar-refractivity contribution in [1.29, 1.82) is 0 Å². The lowest BCUT2D eigenvalue weighted by molar-refractivity contribution is -0.124. The van der Waals surface area contributed by atoms with Crippen LogP contribution >= 0.6 is 12.4 Å². The van der Waals surface area contributed by atoms with Gasteiger partial charge >= 0.3 is 0 Å². The Labute approximate surface area is 157 Å². The van der Waals surface area contributed by atoms with Crippen LogP contribution in [-0.4, -0.2) is 25.0 Å². The molecular weight excluding hydrogens is 332 g/mol. The van der Waals surface area contributed by atoms with Crippen molar-refractivity contribution in [3.63, 3.8) is 0 Å². The summed E-state index contributed by atoms with van der Waals surface area (Å²) in [4.78, 5) is 12.8. The lowest BCUT2D eigenvalue weighted by Gasteiger charge is -2.33. The van der Waals surface area contributed by atoms with Gasteiger partial charge in [-0.2, -0.15) is 0 Å². The van der Waals surface area contributed by atoms with E-state index in [0.717, 1.165) is 32.4 Å². The molecular formula is C21H31ClN2O. The molecule has 1 amide bonds. The van der Waals surface area contributed by atoms with E-state index in [9.17, 15) is 4.79 Å². The molecule has 1 aromatic carbocycles. The topological polar surface area (TPSA) is 41.1 Å². The first-order chi connectivity index (χ1) is 11.8. The normalized spacial score (nSPS) is 30.3. The number of carbonyl (C=O) groups excluding carboxylic acids is 1. The summed E-state index contributed by atoms with van der Waals surface area (Å²) >= 11 is 0. The van der Waals surface area contributed by atoms with E-state index in [-0.39, 0.29) is 12.4 Å². The summed E-state index contributed by atoms with van der Waals surface area (Å²) < 4.78 is 0. The van der Waals surface area contributed by atoms with Crippen molar-refractivity contribution in [2.24, 2.45) is 17.3 Å². The third kappa shape index (κ3) is 4.20. The molecule has 1 heterocycles. The van der Waals surface area contributed by atoms with Gasteiger partial charge in [-0.3, -0.25) is 4.79 Å². The van der Waals surface area contributed by atoms with Gasteiger partial charge in [-0.05, 0) is 68.5 Å². The first-order valence-corrected chi connectivity index (χ1v) is 9.82. The summed E-state index contributed by atoms with van der Waals surface area (Å²) in [7, 11) is 0. The predicted molar refractivity (Wildman–Crippen MR) is 104 cm³/mol. The number of hydrogen-bond acceptors (Lipinski definition) is 2. The first kappa shape index (κ1) is 18.7. The maximum absolute atomic E-state index is 12.8. The van der Waals surface area contributed by atoms with Crippen LogP contribution in [-0.2, 0) is 11.2 Å². The molecule has 3 fully saturated rings. The molecule has 4 rings (SSSR count). The standard InChI is InChI=1S/C21H30N2O.ClH/c24-20(18-15-21(18)10-12-22-13-11-21)23-19-9-5-4-8-17(19)14-16-6-2-1-3-7-16;/h1-3,6-7,17-19,22H,4-5,8-15H2,(H,23,24);1H. The third-order valence-electron chi connectivity index (χ3n) is 6.68. The largest absolute Gasteiger partial charge is 0.353 e. The van der Waals surface area contributed by atoms with Crippen LogP contribution in [0.2, 0.25) is 0 Å². The van der Waals surface area contributed by atoms with E-state index < -0.39 is 0 Å². The van der Waals surface area contributed by atoms with Gasteiger partial charge in [0, 0.05) is 12.0 Å². The Morgan fingerprint density at radius 3 is 2.60 bits per heavy atom. The third-order valence-corrected chi connectivity index (χ3v) is 6.68. The molecule has 1 aromatic rings. The second kappa shape index (κ2) is 8.09. The van der Waals surface area contributed by atoms with Gasteiger partial charge in [-0.1, -0.05) is 43.2 Å². The summed E-state index contributed by atoms with van der Waals surface area (Å²) in [6.07, 6.45) is 9.57. The van der Waals surface area contributed by atoms with Crippen molar-refractivity contribution in [3.05, 3.63) is 35.9 Å². The zero-order chi connectivity index (χ0) is 16.4. The maximum atomic E-state index is 12.8. The van der Waals surface area contributed by atoms with E-state index in [1.54, 1.807) is 0 Å². The Bertz CT molecular complexity index is 571. The minimum atomic E-state index is 0. The summed E-state index contributed by atoms with van der Waals surface area (Å²) in [5.41, 5.74) is 1.75. The quantitative estimate of drug-likeness (QED) is 0.857. The van der Waals surface area contributed by atoms with E-state index in [1.807, 2.05) is 0 Å².